The van der Waals surface area contributed by atoms with Crippen molar-refractivity contribution in [1.29, 1.82) is 0 Å². The summed E-state index contributed by atoms with van der Waals surface area (Å²) >= 11 is 0. The standard InChI is InChI=1S/C12H16N2O4/c1-7(2)5-9(12(17)18)14-11(16)8-3-4-13-10(15)6-8/h3-4,6-7,9H,5H2,1-2H3,(H,13,15)(H,14,16)(H,17,18). The smallest absolute Gasteiger partial charge is 0.326 e. The summed E-state index contributed by atoms with van der Waals surface area (Å²) in [5, 5.41) is 11.4. The van der Waals surface area contributed by atoms with Crippen LogP contribution in [0.15, 0.2) is 23.1 Å². The van der Waals surface area contributed by atoms with E-state index in [0.717, 1.165) is 6.07 Å². The molecule has 1 amide bonds. The molecule has 18 heavy (non-hydrogen) atoms. The molecule has 0 spiro atoms. The maximum Gasteiger partial charge on any atom is 0.326 e. The summed E-state index contributed by atoms with van der Waals surface area (Å²) < 4.78 is 0. The van der Waals surface area contributed by atoms with Gasteiger partial charge in [-0.3, -0.25) is 9.59 Å². The lowest BCUT2D eigenvalue weighted by molar-refractivity contribution is -0.139. The number of amides is 1. The summed E-state index contributed by atoms with van der Waals surface area (Å²) in [6.07, 6.45) is 1.68. The van der Waals surface area contributed by atoms with Crippen molar-refractivity contribution < 1.29 is 14.7 Å². The normalized spacial score (nSPS) is 12.2. The number of aromatic amines is 1. The van der Waals surface area contributed by atoms with Crippen LogP contribution >= 0.6 is 0 Å². The lowest BCUT2D eigenvalue weighted by atomic mass is 10.0. The number of rotatable bonds is 5. The van der Waals surface area contributed by atoms with Gasteiger partial charge >= 0.3 is 5.97 Å². The molecule has 0 aromatic carbocycles. The fraction of sp³-hybridized carbons (Fsp3) is 0.417. The largest absolute Gasteiger partial charge is 0.480 e. The van der Waals surface area contributed by atoms with Gasteiger partial charge in [-0.15, -0.1) is 0 Å². The molecule has 0 bridgehead atoms. The van der Waals surface area contributed by atoms with E-state index in [1.54, 1.807) is 0 Å². The number of H-pyrrole nitrogens is 1. The van der Waals surface area contributed by atoms with Crippen LogP contribution in [0.25, 0.3) is 0 Å². The van der Waals surface area contributed by atoms with E-state index in [2.05, 4.69) is 10.3 Å². The van der Waals surface area contributed by atoms with E-state index in [1.807, 2.05) is 13.8 Å². The first kappa shape index (κ1) is 14.0. The van der Waals surface area contributed by atoms with Crippen molar-refractivity contribution in [1.82, 2.24) is 10.3 Å². The average Bonchev–Trinajstić information content (AvgIpc) is 2.27. The maximum atomic E-state index is 11.8. The molecule has 0 aliphatic rings. The van der Waals surface area contributed by atoms with Crippen molar-refractivity contribution in [3.63, 3.8) is 0 Å². The molecular weight excluding hydrogens is 236 g/mol. The summed E-state index contributed by atoms with van der Waals surface area (Å²) in [7, 11) is 0. The molecule has 1 heterocycles. The zero-order valence-electron chi connectivity index (χ0n) is 10.3. The number of carbonyl (C=O) groups excluding carboxylic acids is 1. The molecule has 3 N–H and O–H groups in total. The van der Waals surface area contributed by atoms with Gasteiger partial charge in [-0.25, -0.2) is 4.79 Å². The highest BCUT2D eigenvalue weighted by Crippen LogP contribution is 2.06. The van der Waals surface area contributed by atoms with E-state index in [9.17, 15) is 14.4 Å². The number of aromatic nitrogens is 1. The molecule has 6 nitrogen and oxygen atoms in total. The molecular formula is C12H16N2O4. The van der Waals surface area contributed by atoms with Crippen LogP contribution in [0, 0.1) is 5.92 Å². The van der Waals surface area contributed by atoms with Gasteiger partial charge in [0.25, 0.3) is 5.91 Å². The second kappa shape index (κ2) is 6.00. The Morgan fingerprint density at radius 1 is 1.44 bits per heavy atom. The van der Waals surface area contributed by atoms with Crippen LogP contribution in [-0.2, 0) is 4.79 Å². The molecule has 1 rings (SSSR count). The molecule has 0 aliphatic heterocycles. The van der Waals surface area contributed by atoms with Crippen molar-refractivity contribution in [3.8, 4) is 0 Å². The third kappa shape index (κ3) is 4.04. The number of carboxylic acid groups (broad SMARTS) is 1. The first-order valence-corrected chi connectivity index (χ1v) is 5.62. The molecule has 6 heteroatoms. The summed E-state index contributed by atoms with van der Waals surface area (Å²) in [4.78, 5) is 36.2. The van der Waals surface area contributed by atoms with Crippen LogP contribution < -0.4 is 10.9 Å². The Bertz CT molecular complexity index is 493. The Kier molecular flexibility index (Phi) is 4.65. The van der Waals surface area contributed by atoms with Gasteiger partial charge in [-0.2, -0.15) is 0 Å². The lowest BCUT2D eigenvalue weighted by Gasteiger charge is -2.16. The second-order valence-electron chi connectivity index (χ2n) is 4.44. The number of hydrogen-bond donors (Lipinski definition) is 3. The Hall–Kier alpha value is -2.11. The first-order chi connectivity index (χ1) is 8.40. The van der Waals surface area contributed by atoms with Gasteiger partial charge in [0, 0.05) is 17.8 Å². The molecule has 1 unspecified atom stereocenters. The quantitative estimate of drug-likeness (QED) is 0.714. The minimum Gasteiger partial charge on any atom is -0.480 e. The fourth-order valence-electron chi connectivity index (χ4n) is 1.52. The first-order valence-electron chi connectivity index (χ1n) is 5.62. The van der Waals surface area contributed by atoms with Crippen LogP contribution in [0.3, 0.4) is 0 Å². The third-order valence-electron chi connectivity index (χ3n) is 2.35. The molecule has 0 aliphatic carbocycles. The molecule has 0 radical (unpaired) electrons. The van der Waals surface area contributed by atoms with E-state index >= 15 is 0 Å². The van der Waals surface area contributed by atoms with Crippen molar-refractivity contribution in [2.75, 3.05) is 0 Å². The van der Waals surface area contributed by atoms with E-state index in [0.29, 0.717) is 6.42 Å². The molecule has 0 fully saturated rings. The molecule has 0 saturated heterocycles. The number of aliphatic carboxylic acids is 1. The highest BCUT2D eigenvalue weighted by atomic mass is 16.4. The predicted molar refractivity (Wildman–Crippen MR) is 65.4 cm³/mol. The molecule has 1 aromatic rings. The topological polar surface area (TPSA) is 99.3 Å². The van der Waals surface area contributed by atoms with Crippen LogP contribution in [0.4, 0.5) is 0 Å². The van der Waals surface area contributed by atoms with E-state index < -0.39 is 23.5 Å². The number of hydrogen-bond acceptors (Lipinski definition) is 3. The third-order valence-corrected chi connectivity index (χ3v) is 2.35. The minimum atomic E-state index is -1.08. The summed E-state index contributed by atoms with van der Waals surface area (Å²) in [6, 6.07) is 1.60. The Morgan fingerprint density at radius 2 is 2.11 bits per heavy atom. The fourth-order valence-corrected chi connectivity index (χ4v) is 1.52. The van der Waals surface area contributed by atoms with Crippen LogP contribution in [-0.4, -0.2) is 28.0 Å². The number of carbonyl (C=O) groups is 2. The molecule has 98 valence electrons. The van der Waals surface area contributed by atoms with Crippen LogP contribution in [0.1, 0.15) is 30.6 Å². The highest BCUT2D eigenvalue weighted by Gasteiger charge is 2.21. The molecule has 0 saturated carbocycles. The van der Waals surface area contributed by atoms with Crippen molar-refractivity contribution in [3.05, 3.63) is 34.2 Å². The van der Waals surface area contributed by atoms with Crippen LogP contribution in [0.2, 0.25) is 0 Å². The van der Waals surface area contributed by atoms with E-state index in [4.69, 9.17) is 5.11 Å². The van der Waals surface area contributed by atoms with Gasteiger partial charge in [-0.1, -0.05) is 13.8 Å². The Morgan fingerprint density at radius 3 is 2.61 bits per heavy atom. The second-order valence-corrected chi connectivity index (χ2v) is 4.44. The Labute approximate surface area is 104 Å². The monoisotopic (exact) mass is 252 g/mol. The number of nitrogens with one attached hydrogen (secondary N) is 2. The molecule has 1 atom stereocenters. The van der Waals surface area contributed by atoms with Crippen molar-refractivity contribution in [2.24, 2.45) is 5.92 Å². The van der Waals surface area contributed by atoms with E-state index in [1.165, 1.54) is 12.3 Å². The van der Waals surface area contributed by atoms with Gasteiger partial charge in [0.15, 0.2) is 0 Å². The lowest BCUT2D eigenvalue weighted by Crippen LogP contribution is -2.41. The highest BCUT2D eigenvalue weighted by molar-refractivity contribution is 5.96. The van der Waals surface area contributed by atoms with Gasteiger partial charge in [-0.05, 0) is 18.4 Å². The van der Waals surface area contributed by atoms with E-state index in [-0.39, 0.29) is 11.5 Å². The number of pyridine rings is 1. The summed E-state index contributed by atoms with van der Waals surface area (Å²) in [5.74, 6) is -1.50. The van der Waals surface area contributed by atoms with Gasteiger partial charge in [0.2, 0.25) is 5.56 Å². The SMILES string of the molecule is CC(C)CC(NC(=O)c1cc[nH]c(=O)c1)C(=O)O. The van der Waals surface area contributed by atoms with Crippen LogP contribution in [0.5, 0.6) is 0 Å². The van der Waals surface area contributed by atoms with Gasteiger partial charge in [0.05, 0.1) is 0 Å². The molecule has 1 aromatic heterocycles. The van der Waals surface area contributed by atoms with Gasteiger partial charge in [0.1, 0.15) is 6.04 Å². The number of carboxylic acids is 1. The summed E-state index contributed by atoms with van der Waals surface area (Å²) in [6.45, 7) is 3.74. The Balaban J connectivity index is 2.78. The van der Waals surface area contributed by atoms with Crippen molar-refractivity contribution >= 4 is 11.9 Å². The maximum absolute atomic E-state index is 11.8. The predicted octanol–water partition coefficient (Wildman–Crippen LogP) is 0.604. The minimum absolute atomic E-state index is 0.144. The van der Waals surface area contributed by atoms with Crippen molar-refractivity contribution in [2.45, 2.75) is 26.3 Å². The average molecular weight is 252 g/mol. The summed E-state index contributed by atoms with van der Waals surface area (Å²) in [5.41, 5.74) is -0.257. The van der Waals surface area contributed by atoms with Gasteiger partial charge < -0.3 is 15.4 Å². The zero-order chi connectivity index (χ0) is 13.7. The zero-order valence-corrected chi connectivity index (χ0v) is 10.3.